The predicted octanol–water partition coefficient (Wildman–Crippen LogP) is -0.599. The van der Waals surface area contributed by atoms with Gasteiger partial charge in [0, 0.05) is 0 Å². The molecule has 45 heavy (non-hydrogen) atoms. The molecule has 3 aliphatic heterocycles. The molecule has 4 aromatic rings. The molecular weight excluding hydrogens is 687 g/mol. The third-order valence-corrected chi connectivity index (χ3v) is 10.4. The van der Waals surface area contributed by atoms with Crippen LogP contribution >= 0.6 is 25.8 Å². The largest absolute Gasteiger partial charge is 0.387 e. The zero-order valence-electron chi connectivity index (χ0n) is 22.2. The number of imidazole rings is 2. The van der Waals surface area contributed by atoms with Crippen molar-refractivity contribution >= 4 is 65.8 Å². The second-order valence-corrected chi connectivity index (χ2v) is 15.7. The quantitative estimate of drug-likeness (QED) is 0.112. The number of fused-ring (bicyclic) bond motifs is 5. The molecule has 7 rings (SSSR count). The first-order valence-corrected chi connectivity index (χ1v) is 18.2. The second-order valence-electron chi connectivity index (χ2n) is 10.1. The van der Waals surface area contributed by atoms with Gasteiger partial charge in [-0.2, -0.15) is 4.98 Å². The highest BCUT2D eigenvalue weighted by Crippen LogP contribution is 2.58. The summed E-state index contributed by atoms with van der Waals surface area (Å²) in [6.07, 6.45) is -9.00. The number of halogens is 1. The molecule has 2 unspecified atom stereocenters. The fraction of sp³-hybridized carbons (Fsp3) is 0.500. The van der Waals surface area contributed by atoms with Crippen molar-refractivity contribution < 1.29 is 46.5 Å². The van der Waals surface area contributed by atoms with Crippen LogP contribution in [-0.4, -0.2) is 98.9 Å². The lowest BCUT2D eigenvalue weighted by Gasteiger charge is -2.27. The van der Waals surface area contributed by atoms with E-state index in [1.165, 1.54) is 4.57 Å². The van der Waals surface area contributed by atoms with Crippen LogP contribution < -0.4 is 16.9 Å². The predicted molar refractivity (Wildman–Crippen MR) is 154 cm³/mol. The Morgan fingerprint density at radius 2 is 1.67 bits per heavy atom. The van der Waals surface area contributed by atoms with Gasteiger partial charge < -0.3 is 34.7 Å². The molecule has 0 radical (unpaired) electrons. The van der Waals surface area contributed by atoms with Crippen LogP contribution in [0.2, 0.25) is 0 Å². The van der Waals surface area contributed by atoms with Crippen LogP contribution in [-0.2, 0) is 43.9 Å². The Hall–Kier alpha value is -2.66. The number of alkyl halides is 1. The van der Waals surface area contributed by atoms with Gasteiger partial charge in [0.2, 0.25) is 5.95 Å². The summed E-state index contributed by atoms with van der Waals surface area (Å²) in [5.74, 6) is -0.240. The summed E-state index contributed by atoms with van der Waals surface area (Å²) < 4.78 is 65.6. The molecule has 0 aliphatic carbocycles. The number of aliphatic hydroxyl groups excluding tert-OH is 1. The number of ether oxygens (including phenoxy) is 2. The number of aliphatic hydroxyl groups is 1. The molecule has 25 heteroatoms. The lowest BCUT2D eigenvalue weighted by Crippen LogP contribution is -2.35. The minimum atomic E-state index is -4.43. The first kappa shape index (κ1) is 31.0. The molecule has 4 aromatic heterocycles. The molecule has 3 saturated heterocycles. The van der Waals surface area contributed by atoms with Crippen molar-refractivity contribution in [1.29, 1.82) is 0 Å². The lowest BCUT2D eigenvalue weighted by molar-refractivity contribution is -0.0584. The van der Waals surface area contributed by atoms with Gasteiger partial charge in [-0.1, -0.05) is 12.2 Å². The summed E-state index contributed by atoms with van der Waals surface area (Å²) in [4.78, 5) is 56.0. The minimum Gasteiger partial charge on any atom is -0.387 e. The summed E-state index contributed by atoms with van der Waals surface area (Å²) in [6.45, 7) is -10.0. The maximum absolute atomic E-state index is 16.0. The summed E-state index contributed by atoms with van der Waals surface area (Å²) >= 11 is 9.17. The SMILES string of the molecule is Nc1nc2c(ncn2[C@@H]2O[C@@H]3COP(O)(=S)O[C@H]4[C@@H](F)[C@H](n5cnc6c(=O)[nH]cnc65)O[C@@H]4COP(=O)(S)O[C@@H]2[C@@H]3O)c(=O)[nH]1. The molecule has 20 nitrogen and oxygen atoms in total. The number of rotatable bonds is 2. The van der Waals surface area contributed by atoms with Crippen molar-refractivity contribution in [3.63, 3.8) is 0 Å². The fourth-order valence-corrected chi connectivity index (χ4v) is 8.15. The van der Waals surface area contributed by atoms with Crippen LogP contribution in [0.4, 0.5) is 10.3 Å². The Bertz CT molecular complexity index is 2010. The number of hydrogen-bond acceptors (Lipinski definition) is 16. The van der Waals surface area contributed by atoms with Gasteiger partial charge in [-0.25, -0.2) is 23.9 Å². The maximum atomic E-state index is 16.0. The molecule has 3 aliphatic rings. The molecule has 0 aromatic carbocycles. The molecule has 6 N–H and O–H groups in total. The first-order chi connectivity index (χ1) is 21.3. The number of aromatic amines is 2. The molecule has 0 spiro atoms. The zero-order chi connectivity index (χ0) is 31.8. The van der Waals surface area contributed by atoms with Crippen molar-refractivity contribution in [2.75, 3.05) is 18.9 Å². The number of nitrogen functional groups attached to an aromatic ring is 1. The van der Waals surface area contributed by atoms with Crippen molar-refractivity contribution in [3.8, 4) is 0 Å². The van der Waals surface area contributed by atoms with Crippen LogP contribution in [0.5, 0.6) is 0 Å². The summed E-state index contributed by atoms with van der Waals surface area (Å²) in [6, 6.07) is 0. The van der Waals surface area contributed by atoms with E-state index >= 15 is 4.39 Å². The molecular formula is C20H22FN9O11P2S2. The van der Waals surface area contributed by atoms with Crippen molar-refractivity contribution in [2.24, 2.45) is 0 Å². The van der Waals surface area contributed by atoms with Gasteiger partial charge in [-0.05, 0) is 11.8 Å². The number of anilines is 1. The Morgan fingerprint density at radius 3 is 2.42 bits per heavy atom. The Kier molecular flexibility index (Phi) is 7.74. The van der Waals surface area contributed by atoms with E-state index < -0.39 is 87.0 Å². The van der Waals surface area contributed by atoms with E-state index in [1.807, 2.05) is 0 Å². The highest BCUT2D eigenvalue weighted by molar-refractivity contribution is 8.44. The number of thiol groups is 1. The Balaban J connectivity index is 1.21. The van der Waals surface area contributed by atoms with Crippen LogP contribution in [0, 0.1) is 0 Å². The first-order valence-electron chi connectivity index (χ1n) is 12.9. The standard InChI is InChI=1S/C20H22FN9O11P2S2/c21-8-12-7(39-18(8)29-4-25-9-14(29)23-3-24-16(9)32)2-37-43(35,45)41-13-11(31)6(1-36-42(34,44)40-12)38-19(13)30-5-26-10-15(30)27-20(22)28-17(10)33/h3-8,11-13,18-19,31H,1-2H2,(H,34,44)(H,35,45)(H,23,24,32)(H3,22,27,28,33)/t6-,7-,8-,11-,12-,13-,18-,19-,42?,43?/m1/s1. The van der Waals surface area contributed by atoms with E-state index in [0.29, 0.717) is 0 Å². The number of nitrogens with two attached hydrogens (primary N) is 1. The van der Waals surface area contributed by atoms with Crippen LogP contribution in [0.15, 0.2) is 28.6 Å². The Morgan fingerprint density at radius 1 is 1.00 bits per heavy atom. The van der Waals surface area contributed by atoms with Crippen molar-refractivity contribution in [1.82, 2.24) is 39.0 Å². The molecule has 0 saturated carbocycles. The second kappa shape index (κ2) is 11.2. The van der Waals surface area contributed by atoms with E-state index in [1.54, 1.807) is 0 Å². The lowest BCUT2D eigenvalue weighted by atomic mass is 10.1. The van der Waals surface area contributed by atoms with Gasteiger partial charge in [0.1, 0.15) is 30.5 Å². The minimum absolute atomic E-state index is 0.0111. The molecule has 0 amide bonds. The smallest absolute Gasteiger partial charge is 0.386 e. The molecule has 242 valence electrons. The number of hydrogen-bond donors (Lipinski definition) is 6. The number of nitrogens with zero attached hydrogens (tertiary/aromatic N) is 6. The molecule has 10 atom stereocenters. The van der Waals surface area contributed by atoms with Gasteiger partial charge in [-0.3, -0.25) is 37.3 Å². The third kappa shape index (κ3) is 5.55. The highest BCUT2D eigenvalue weighted by Gasteiger charge is 2.53. The van der Waals surface area contributed by atoms with E-state index in [-0.39, 0.29) is 28.3 Å². The van der Waals surface area contributed by atoms with Crippen LogP contribution in [0.1, 0.15) is 12.5 Å². The zero-order valence-corrected chi connectivity index (χ0v) is 25.7. The van der Waals surface area contributed by atoms with E-state index in [2.05, 4.69) is 42.2 Å². The number of H-pyrrole nitrogens is 2. The molecule has 3 fully saturated rings. The summed E-state index contributed by atoms with van der Waals surface area (Å²) in [7, 11) is 0. The van der Waals surface area contributed by atoms with E-state index in [0.717, 1.165) is 23.5 Å². The Labute approximate surface area is 258 Å². The highest BCUT2D eigenvalue weighted by atomic mass is 32.7. The number of nitrogens with one attached hydrogen (secondary N) is 2. The van der Waals surface area contributed by atoms with Crippen molar-refractivity contribution in [2.45, 2.75) is 49.1 Å². The van der Waals surface area contributed by atoms with E-state index in [4.69, 9.17) is 45.1 Å². The van der Waals surface area contributed by atoms with Gasteiger partial charge in [0.15, 0.2) is 41.0 Å². The topological polar surface area (TPSA) is 266 Å². The third-order valence-electron chi connectivity index (χ3n) is 7.26. The van der Waals surface area contributed by atoms with Crippen LogP contribution in [0.25, 0.3) is 22.3 Å². The summed E-state index contributed by atoms with van der Waals surface area (Å²) in [5.41, 5.74) is 4.18. The van der Waals surface area contributed by atoms with Gasteiger partial charge in [0.25, 0.3) is 11.1 Å². The fourth-order valence-electron chi connectivity index (χ4n) is 5.25. The average molecular weight is 710 g/mol. The summed E-state index contributed by atoms with van der Waals surface area (Å²) in [5, 5.41) is 11.1. The van der Waals surface area contributed by atoms with Crippen LogP contribution in [0.3, 0.4) is 0 Å². The van der Waals surface area contributed by atoms with E-state index in [9.17, 15) is 24.2 Å². The van der Waals surface area contributed by atoms with Crippen molar-refractivity contribution in [3.05, 3.63) is 39.7 Å². The maximum Gasteiger partial charge on any atom is 0.386 e. The molecule has 7 heterocycles. The normalized spacial score (nSPS) is 37.7. The average Bonchev–Trinajstić information content (AvgIpc) is 3.72. The monoisotopic (exact) mass is 709 g/mol. The van der Waals surface area contributed by atoms with Gasteiger partial charge in [-0.15, -0.1) is 0 Å². The van der Waals surface area contributed by atoms with Gasteiger partial charge >= 0.3 is 13.5 Å². The molecule has 2 bridgehead atoms. The van der Waals surface area contributed by atoms with Gasteiger partial charge in [0.05, 0.1) is 32.2 Å². The number of aromatic nitrogens is 8.